The summed E-state index contributed by atoms with van der Waals surface area (Å²) in [7, 11) is 0. The molecule has 5 heteroatoms. The van der Waals surface area contributed by atoms with Crippen molar-refractivity contribution in [2.24, 2.45) is 5.92 Å². The molecule has 1 aliphatic heterocycles. The number of nitrogens with one attached hydrogen (secondary N) is 3. The van der Waals surface area contributed by atoms with Crippen molar-refractivity contribution in [3.8, 4) is 0 Å². The topological polar surface area (TPSA) is 59.6 Å². The van der Waals surface area contributed by atoms with Gasteiger partial charge in [0.15, 0.2) is 0 Å². The quantitative estimate of drug-likeness (QED) is 0.652. The predicted octanol–water partition coefficient (Wildman–Crippen LogP) is 0.660. The maximum atomic E-state index is 9.22. The van der Waals surface area contributed by atoms with Crippen molar-refractivity contribution in [3.63, 3.8) is 0 Å². The average Bonchev–Trinajstić information content (AvgIpc) is 2.60. The molecule has 5 nitrogen and oxygen atoms in total. The van der Waals surface area contributed by atoms with E-state index in [-0.39, 0.29) is 6.61 Å². The Morgan fingerprint density at radius 3 is 2.46 bits per heavy atom. The number of aliphatic hydroxyl groups excluding tert-OH is 1. The molecular formula is C19H34N4O. The van der Waals surface area contributed by atoms with Gasteiger partial charge in [-0.15, -0.1) is 0 Å². The Bertz CT molecular complexity index is 415. The van der Waals surface area contributed by atoms with Gasteiger partial charge in [-0.3, -0.25) is 4.90 Å². The van der Waals surface area contributed by atoms with Crippen LogP contribution in [0.2, 0.25) is 0 Å². The minimum absolute atomic E-state index is 0.270. The SMILES string of the molecule is OCCC1CNCCNCCCN(Cc2ccccc2)CCNC1. The summed E-state index contributed by atoms with van der Waals surface area (Å²) in [4.78, 5) is 2.54. The lowest BCUT2D eigenvalue weighted by molar-refractivity contribution is 0.239. The number of hydrogen-bond donors (Lipinski definition) is 4. The maximum absolute atomic E-state index is 9.22. The largest absolute Gasteiger partial charge is 0.396 e. The molecule has 0 radical (unpaired) electrons. The van der Waals surface area contributed by atoms with Gasteiger partial charge in [0.1, 0.15) is 0 Å². The van der Waals surface area contributed by atoms with E-state index in [1.165, 1.54) is 12.0 Å². The van der Waals surface area contributed by atoms with Crippen LogP contribution < -0.4 is 16.0 Å². The maximum Gasteiger partial charge on any atom is 0.0434 e. The normalized spacial score (nSPS) is 22.8. The summed E-state index contributed by atoms with van der Waals surface area (Å²) >= 11 is 0. The molecule has 1 heterocycles. The van der Waals surface area contributed by atoms with Crippen LogP contribution in [-0.2, 0) is 6.54 Å². The van der Waals surface area contributed by atoms with Crippen molar-refractivity contribution in [2.45, 2.75) is 19.4 Å². The second kappa shape index (κ2) is 12.4. The van der Waals surface area contributed by atoms with E-state index in [1.807, 2.05) is 0 Å². The average molecular weight is 335 g/mol. The number of nitrogens with zero attached hydrogens (tertiary/aromatic N) is 1. The van der Waals surface area contributed by atoms with Crippen molar-refractivity contribution in [2.75, 3.05) is 59.0 Å². The van der Waals surface area contributed by atoms with Crippen LogP contribution in [0.4, 0.5) is 0 Å². The van der Waals surface area contributed by atoms with E-state index in [2.05, 4.69) is 51.2 Å². The van der Waals surface area contributed by atoms with Crippen molar-refractivity contribution >= 4 is 0 Å². The van der Waals surface area contributed by atoms with E-state index in [4.69, 9.17) is 0 Å². The predicted molar refractivity (Wildman–Crippen MR) is 100 cm³/mol. The number of rotatable bonds is 4. The van der Waals surface area contributed by atoms with Gasteiger partial charge in [-0.1, -0.05) is 30.3 Å². The molecule has 136 valence electrons. The summed E-state index contributed by atoms with van der Waals surface area (Å²) in [6, 6.07) is 10.7. The summed E-state index contributed by atoms with van der Waals surface area (Å²) in [6.45, 7) is 9.50. The minimum atomic E-state index is 0.270. The van der Waals surface area contributed by atoms with Gasteiger partial charge >= 0.3 is 0 Å². The van der Waals surface area contributed by atoms with Crippen LogP contribution in [0.25, 0.3) is 0 Å². The summed E-state index contributed by atoms with van der Waals surface area (Å²) in [6.07, 6.45) is 2.04. The highest BCUT2D eigenvalue weighted by molar-refractivity contribution is 5.14. The summed E-state index contributed by atoms with van der Waals surface area (Å²) in [5.74, 6) is 0.500. The summed E-state index contributed by atoms with van der Waals surface area (Å²) in [5.41, 5.74) is 1.38. The van der Waals surface area contributed by atoms with E-state index in [0.29, 0.717) is 5.92 Å². The fraction of sp³-hybridized carbons (Fsp3) is 0.684. The third-order valence-corrected chi connectivity index (χ3v) is 4.56. The third kappa shape index (κ3) is 8.22. The van der Waals surface area contributed by atoms with E-state index in [0.717, 1.165) is 65.3 Å². The van der Waals surface area contributed by atoms with Gasteiger partial charge in [-0.25, -0.2) is 0 Å². The zero-order valence-electron chi connectivity index (χ0n) is 14.8. The van der Waals surface area contributed by atoms with Gasteiger partial charge in [0, 0.05) is 39.3 Å². The van der Waals surface area contributed by atoms with Gasteiger partial charge in [0.2, 0.25) is 0 Å². The molecule has 4 N–H and O–H groups in total. The lowest BCUT2D eigenvalue weighted by atomic mass is 10.1. The van der Waals surface area contributed by atoms with Crippen LogP contribution in [0.1, 0.15) is 18.4 Å². The molecule has 24 heavy (non-hydrogen) atoms. The van der Waals surface area contributed by atoms with Gasteiger partial charge in [-0.05, 0) is 50.5 Å². The molecule has 1 unspecified atom stereocenters. The van der Waals surface area contributed by atoms with Crippen molar-refractivity contribution in [1.29, 1.82) is 0 Å². The highest BCUT2D eigenvalue weighted by atomic mass is 16.3. The molecule has 0 amide bonds. The van der Waals surface area contributed by atoms with Crippen molar-refractivity contribution in [3.05, 3.63) is 35.9 Å². The Morgan fingerprint density at radius 1 is 0.917 bits per heavy atom. The second-order valence-electron chi connectivity index (χ2n) is 6.65. The van der Waals surface area contributed by atoms with Crippen molar-refractivity contribution in [1.82, 2.24) is 20.9 Å². The Morgan fingerprint density at radius 2 is 1.67 bits per heavy atom. The Hall–Kier alpha value is -0.980. The Kier molecular flexibility index (Phi) is 9.99. The fourth-order valence-corrected chi connectivity index (χ4v) is 3.15. The molecule has 2 rings (SSSR count). The Balaban J connectivity index is 1.83. The van der Waals surface area contributed by atoms with Crippen LogP contribution in [0, 0.1) is 5.92 Å². The first-order chi connectivity index (χ1) is 11.9. The van der Waals surface area contributed by atoms with Crippen LogP contribution >= 0.6 is 0 Å². The number of benzene rings is 1. The molecule has 1 atom stereocenters. The van der Waals surface area contributed by atoms with Gasteiger partial charge in [0.05, 0.1) is 0 Å². The number of aliphatic hydroxyl groups is 1. The molecule has 0 bridgehead atoms. The Labute approximate surface area is 146 Å². The van der Waals surface area contributed by atoms with E-state index in [1.54, 1.807) is 0 Å². The highest BCUT2D eigenvalue weighted by Gasteiger charge is 2.10. The minimum Gasteiger partial charge on any atom is -0.396 e. The molecule has 0 saturated carbocycles. The molecular weight excluding hydrogens is 300 g/mol. The summed E-state index contributed by atoms with van der Waals surface area (Å²) in [5, 5.41) is 19.8. The third-order valence-electron chi connectivity index (χ3n) is 4.56. The van der Waals surface area contributed by atoms with Gasteiger partial charge in [-0.2, -0.15) is 0 Å². The lowest BCUT2D eigenvalue weighted by Gasteiger charge is -2.24. The fourth-order valence-electron chi connectivity index (χ4n) is 3.15. The first-order valence-electron chi connectivity index (χ1n) is 9.38. The number of hydrogen-bond acceptors (Lipinski definition) is 5. The zero-order chi connectivity index (χ0) is 16.9. The van der Waals surface area contributed by atoms with E-state index in [9.17, 15) is 5.11 Å². The van der Waals surface area contributed by atoms with Crippen LogP contribution in [0.3, 0.4) is 0 Å². The standard InChI is InChI=1S/C19H34N4O/c24-14-7-19-15-21-10-9-20-8-4-12-23(13-11-22-16-19)17-18-5-2-1-3-6-18/h1-3,5-6,19-22,24H,4,7-17H2. The first kappa shape index (κ1) is 19.3. The molecule has 1 aromatic rings. The molecule has 1 saturated heterocycles. The second-order valence-corrected chi connectivity index (χ2v) is 6.65. The highest BCUT2D eigenvalue weighted by Crippen LogP contribution is 2.05. The molecule has 1 aromatic carbocycles. The molecule has 0 aliphatic carbocycles. The zero-order valence-corrected chi connectivity index (χ0v) is 14.8. The monoisotopic (exact) mass is 334 g/mol. The van der Waals surface area contributed by atoms with E-state index < -0.39 is 0 Å². The smallest absolute Gasteiger partial charge is 0.0434 e. The lowest BCUT2D eigenvalue weighted by Crippen LogP contribution is -2.39. The summed E-state index contributed by atoms with van der Waals surface area (Å²) < 4.78 is 0. The van der Waals surface area contributed by atoms with E-state index >= 15 is 0 Å². The van der Waals surface area contributed by atoms with Crippen LogP contribution in [-0.4, -0.2) is 69.0 Å². The van der Waals surface area contributed by atoms with Gasteiger partial charge in [0.25, 0.3) is 0 Å². The molecule has 0 spiro atoms. The molecule has 0 aromatic heterocycles. The van der Waals surface area contributed by atoms with Crippen LogP contribution in [0.15, 0.2) is 30.3 Å². The van der Waals surface area contributed by atoms with Crippen LogP contribution in [0.5, 0.6) is 0 Å². The molecule has 1 aliphatic rings. The molecule has 1 fully saturated rings. The first-order valence-corrected chi connectivity index (χ1v) is 9.38. The van der Waals surface area contributed by atoms with Crippen molar-refractivity contribution < 1.29 is 5.11 Å². The van der Waals surface area contributed by atoms with Gasteiger partial charge < -0.3 is 21.1 Å².